The quantitative estimate of drug-likeness (QED) is 0.0274. The van der Waals surface area contributed by atoms with Crippen LogP contribution in [0, 0.1) is 72.5 Å². The Balaban J connectivity index is 0.000000201. The van der Waals surface area contributed by atoms with Crippen molar-refractivity contribution >= 4 is 117 Å². The van der Waals surface area contributed by atoms with Gasteiger partial charge in [0, 0.05) is 42.4 Å². The molecule has 21 atom stereocenters. The largest absolute Gasteiger partial charge is 0.457 e. The van der Waals surface area contributed by atoms with E-state index in [1.54, 1.807) is 79.9 Å². The van der Waals surface area contributed by atoms with Crippen molar-refractivity contribution in [2.45, 2.75) is 387 Å². The molecule has 21 nitrogen and oxygen atoms in total. The number of hydrogen-bond acceptors (Lipinski definition) is 24. The second-order valence-corrected chi connectivity index (χ2v) is 56.6. The van der Waals surface area contributed by atoms with E-state index < -0.39 is 117 Å². The molecule has 128 heavy (non-hydrogen) atoms. The highest BCUT2D eigenvalue weighted by atomic mass is 32.1. The zero-order chi connectivity index (χ0) is 94.9. The number of epoxide rings is 3. The molecule has 0 saturated carbocycles. The lowest BCUT2D eigenvalue weighted by molar-refractivity contribution is -0.158. The predicted octanol–water partition coefficient (Wildman–Crippen LogP) is 22.4. The highest BCUT2D eigenvalue weighted by Gasteiger charge is 2.58. The molecular formula is C102H151N3O18S3Si2. The lowest BCUT2D eigenvalue weighted by Gasteiger charge is -2.45. The normalized spacial score (nSPS) is 33.0. The van der Waals surface area contributed by atoms with Crippen molar-refractivity contribution in [3.63, 3.8) is 0 Å². The number of cyclic esters (lactones) is 3. The van der Waals surface area contributed by atoms with Gasteiger partial charge in [-0.1, -0.05) is 160 Å². The summed E-state index contributed by atoms with van der Waals surface area (Å²) >= 11 is 4.89. The number of aromatic nitrogens is 3. The van der Waals surface area contributed by atoms with Gasteiger partial charge in [-0.25, -0.2) is 15.0 Å². The van der Waals surface area contributed by atoms with Gasteiger partial charge in [0.2, 0.25) is 0 Å². The Kier molecular flexibility index (Phi) is 33.4. The second-order valence-electron chi connectivity index (χ2n) is 43.4. The highest BCUT2D eigenvalue weighted by molar-refractivity contribution is 7.19. The van der Waals surface area contributed by atoms with E-state index in [0.29, 0.717) is 38.5 Å². The average molecular weight is 1860 g/mol. The maximum absolute atomic E-state index is 14.4. The number of carbonyl (C=O) groups is 6. The summed E-state index contributed by atoms with van der Waals surface area (Å²) in [6.07, 6.45) is 7.49. The number of carbonyl (C=O) groups excluding carboxylic acids is 6. The van der Waals surface area contributed by atoms with Crippen molar-refractivity contribution in [2.24, 2.45) is 51.8 Å². The molecule has 12 rings (SSSR count). The Labute approximate surface area is 776 Å². The molecule has 6 aliphatic heterocycles. The molecule has 6 aromatic rings. The summed E-state index contributed by atoms with van der Waals surface area (Å²) in [5.74, 6) is -3.99. The first-order valence-corrected chi connectivity index (χ1v) is 55.0. The minimum atomic E-state index is -2.43. The Bertz CT molecular complexity index is 4940. The number of ether oxygens (including phenoxy) is 6. The number of ketones is 3. The fourth-order valence-electron chi connectivity index (χ4n) is 18.5. The number of aliphatic hydroxyl groups is 4. The third-order valence-electron chi connectivity index (χ3n) is 30.0. The van der Waals surface area contributed by atoms with Crippen molar-refractivity contribution in [2.75, 3.05) is 0 Å². The van der Waals surface area contributed by atoms with Gasteiger partial charge in [-0.15, -0.1) is 53.7 Å². The third kappa shape index (κ3) is 24.8. The van der Waals surface area contributed by atoms with Crippen LogP contribution in [0.4, 0.5) is 0 Å². The zero-order valence-electron chi connectivity index (χ0n) is 81.2. The molecule has 6 fully saturated rings. The van der Waals surface area contributed by atoms with Crippen LogP contribution in [0.1, 0.15) is 290 Å². The minimum absolute atomic E-state index is 0.0372. The van der Waals surface area contributed by atoms with Gasteiger partial charge in [-0.2, -0.15) is 0 Å². The Hall–Kier alpha value is -5.96. The zero-order valence-corrected chi connectivity index (χ0v) is 85.7. The van der Waals surface area contributed by atoms with Crippen molar-refractivity contribution < 1.29 is 86.5 Å². The molecule has 708 valence electrons. The van der Waals surface area contributed by atoms with Crippen molar-refractivity contribution in [1.82, 2.24) is 15.0 Å². The molecule has 0 radical (unpaired) electrons. The molecule has 6 saturated heterocycles. The number of Topliss-reactive ketones (excluding diaryl/α,β-unsaturated/α-hetero) is 3. The summed E-state index contributed by atoms with van der Waals surface area (Å²) in [7, 11) is -4.69. The van der Waals surface area contributed by atoms with E-state index in [0.717, 1.165) is 120 Å². The lowest BCUT2D eigenvalue weighted by atomic mass is 9.71. The second kappa shape index (κ2) is 41.1. The minimum Gasteiger partial charge on any atom is -0.457 e. The van der Waals surface area contributed by atoms with Gasteiger partial charge >= 0.3 is 17.9 Å². The molecule has 0 amide bonds. The topological polar surface area (TPSA) is 306 Å². The number of esters is 3. The maximum Gasteiger partial charge on any atom is 0.309 e. The summed E-state index contributed by atoms with van der Waals surface area (Å²) in [5.41, 5.74) is 0.731. The fourth-order valence-corrected chi connectivity index (χ4v) is 23.8. The number of thiazole rings is 3. The smallest absolute Gasteiger partial charge is 0.309 e. The molecule has 9 heterocycles. The van der Waals surface area contributed by atoms with Crippen LogP contribution < -0.4 is 0 Å². The number of aliphatic hydroxyl groups excluding tert-OH is 4. The van der Waals surface area contributed by atoms with Crippen molar-refractivity contribution in [3.8, 4) is 0 Å². The Morgan fingerprint density at radius 2 is 0.742 bits per heavy atom. The molecule has 26 heteroatoms. The van der Waals surface area contributed by atoms with E-state index in [1.807, 2.05) is 103 Å². The molecule has 0 spiro atoms. The van der Waals surface area contributed by atoms with Crippen LogP contribution in [0.2, 0.25) is 36.3 Å². The molecule has 3 aromatic heterocycles. The molecule has 6 aliphatic rings. The fraction of sp³-hybridized carbons (Fsp3) is 0.676. The molecule has 0 bridgehead atoms. The third-order valence-corrected chi connectivity index (χ3v) is 41.8. The number of hydrogen-bond donors (Lipinski definition) is 4. The molecule has 0 aliphatic carbocycles. The van der Waals surface area contributed by atoms with E-state index in [1.165, 1.54) is 0 Å². The maximum atomic E-state index is 14.4. The van der Waals surface area contributed by atoms with Gasteiger partial charge in [-0.3, -0.25) is 28.8 Å². The number of benzene rings is 3. The van der Waals surface area contributed by atoms with Gasteiger partial charge in [0.15, 0.2) is 16.6 Å². The predicted molar refractivity (Wildman–Crippen MR) is 516 cm³/mol. The standard InChI is InChI=1S/2C36H55NO6SSi.C30H41NO6S/c1-12-14-25-32(39)22(2)15-13-18-36(9)30(42-36)20-27(24-16-17-28-26(19-24)37-23(3)44-28)41-31(38)21-29(35(7,8)33(25)40)43-45(10,11)34(4,5)6;1-12-14-25-32(43-45(10,11)34(4,5)6)22(2)15-13-18-36(9)30(42-36)20-27(24-16-17-28-26(19-24)37-23(3)44-28)41-31(39)21-29(38)35(7,8)33(25)40;1-7-9-20-27(34)17(2)10-8-13-30(6)25(37-30)15-22(19-11-12-23-21(14-19)31-18(3)38-23)36-26(33)16-24(32)29(4,5)28(20)35/h12,16-17,19,22,25,27,29-30,32,39H,1,13-15,18,20-21H2,2-11H3;12,16-17,19,22,25,27,29-30,32,38H,1,13-15,18,20-21H2,2-11H3;7,11-12,14,17,20,22,24-25,27,32,34H,1,8-10,13,15-16H2,2-6H3/t2*22-,25+,27-,29-,30-,32-,36+;17-,20+,22-,24-,25-,27-,30+/m000/s1. The van der Waals surface area contributed by atoms with Crippen LogP contribution in [0.3, 0.4) is 0 Å². The Morgan fingerprint density at radius 3 is 1.07 bits per heavy atom. The number of rotatable bonds is 13. The highest BCUT2D eigenvalue weighted by Crippen LogP contribution is 2.53. The van der Waals surface area contributed by atoms with Crippen LogP contribution in [-0.4, -0.2) is 159 Å². The Morgan fingerprint density at radius 1 is 0.445 bits per heavy atom. The van der Waals surface area contributed by atoms with E-state index in [4.69, 9.17) is 37.3 Å². The van der Waals surface area contributed by atoms with Gasteiger partial charge < -0.3 is 57.7 Å². The monoisotopic (exact) mass is 1860 g/mol. The average Bonchev–Trinajstić information content (AvgIpc) is 1.64. The lowest BCUT2D eigenvalue weighted by Crippen LogP contribution is -2.53. The first-order valence-electron chi connectivity index (χ1n) is 46.7. The summed E-state index contributed by atoms with van der Waals surface area (Å²) in [5, 5.41) is 47.9. The molecular weight excluding hydrogens is 1710 g/mol. The number of aryl methyl sites for hydroxylation is 3. The van der Waals surface area contributed by atoms with Crippen molar-refractivity contribution in [3.05, 3.63) is 124 Å². The first kappa shape index (κ1) is 104. The molecule has 3 aromatic carbocycles. The van der Waals surface area contributed by atoms with E-state index in [-0.39, 0.29) is 106 Å². The SMILES string of the molecule is C=CC[C@H]1C(=O)C(C)(C)[C@@H](O)CC(=O)O[C@H](c2ccc3sc(C)nc3c2)C[C@@H]2O[C@]2(C)CCC[C@H](C)[C@@H]1O.C=CC[C@H]1C(=O)C(C)(C)[C@@H](O)CC(=O)O[C@H](c2ccc3sc(C)nc3c2)C[C@@H]2O[C@]2(C)CCC[C@H](C)[C@@H]1O[Si](C)(C)C(C)(C)C.C=CC[C@H]1C(=O)C(C)(C)[C@@H](O[Si](C)(C)C(C)(C)C)CC(=O)O[C@H](c2ccc3sc(C)nc3c2)C[C@@H]2O[C@]2(C)CCC[C@H](C)[C@@H]1O. The van der Waals surface area contributed by atoms with Crippen molar-refractivity contribution in [1.29, 1.82) is 0 Å². The first-order chi connectivity index (χ1) is 59.4. The summed E-state index contributed by atoms with van der Waals surface area (Å²) in [6.45, 7) is 62.3. The molecule has 4 N–H and O–H groups in total. The summed E-state index contributed by atoms with van der Waals surface area (Å²) in [6, 6.07) is 18.0. The van der Waals surface area contributed by atoms with E-state index >= 15 is 0 Å². The van der Waals surface area contributed by atoms with E-state index in [2.05, 4.69) is 130 Å². The molecule has 0 unspecified atom stereocenters. The number of fused-ring (bicyclic) bond motifs is 6. The van der Waals surface area contributed by atoms with E-state index in [9.17, 15) is 49.2 Å². The van der Waals surface area contributed by atoms with Crippen LogP contribution >= 0.6 is 34.0 Å². The van der Waals surface area contributed by atoms with Gasteiger partial charge in [0.1, 0.15) is 35.7 Å². The van der Waals surface area contributed by atoms with Gasteiger partial charge in [0.05, 0.1) is 148 Å². The van der Waals surface area contributed by atoms with Crippen LogP contribution in [-0.2, 0) is 66.0 Å². The van der Waals surface area contributed by atoms with Gasteiger partial charge in [-0.05, 0) is 206 Å². The number of nitrogens with zero attached hydrogens (tertiary/aromatic N) is 3. The summed E-state index contributed by atoms with van der Waals surface area (Å²) < 4.78 is 54.3. The number of allylic oxidation sites excluding steroid dienone is 3. The van der Waals surface area contributed by atoms with Crippen LogP contribution in [0.15, 0.2) is 92.6 Å². The van der Waals surface area contributed by atoms with Crippen LogP contribution in [0.5, 0.6) is 0 Å². The van der Waals surface area contributed by atoms with Crippen LogP contribution in [0.25, 0.3) is 30.6 Å². The van der Waals surface area contributed by atoms with Gasteiger partial charge in [0.25, 0.3) is 0 Å². The summed E-state index contributed by atoms with van der Waals surface area (Å²) in [4.78, 5) is 97.0.